The molecule has 0 radical (unpaired) electrons. The van der Waals surface area contributed by atoms with Crippen LogP contribution in [0, 0.1) is 18.3 Å². The second-order valence-corrected chi connectivity index (χ2v) is 6.34. The Hall–Kier alpha value is -1.18. The highest BCUT2D eigenvalue weighted by atomic mass is 15.2. The van der Waals surface area contributed by atoms with E-state index in [1.807, 2.05) is 6.07 Å². The predicted molar refractivity (Wildman–Crippen MR) is 75.4 cm³/mol. The number of hydrogen-bond donors (Lipinski definition) is 1. The molecule has 0 aromatic heterocycles. The van der Waals surface area contributed by atoms with Gasteiger partial charge in [-0.05, 0) is 48.4 Å². The van der Waals surface area contributed by atoms with Gasteiger partial charge in [-0.2, -0.15) is 0 Å². The zero-order valence-corrected chi connectivity index (χ0v) is 11.5. The summed E-state index contributed by atoms with van der Waals surface area (Å²) < 4.78 is 0. The molecule has 1 aliphatic rings. The molecular formula is C15H24N2. The lowest BCUT2D eigenvalue weighted by atomic mass is 9.80. The minimum absolute atomic E-state index is 0.413. The zero-order chi connectivity index (χ0) is 12.6. The third kappa shape index (κ3) is 2.56. The van der Waals surface area contributed by atoms with Gasteiger partial charge in [-0.15, -0.1) is 0 Å². The van der Waals surface area contributed by atoms with Crippen molar-refractivity contribution in [3.63, 3.8) is 0 Å². The molecule has 0 spiro atoms. The monoisotopic (exact) mass is 232 g/mol. The van der Waals surface area contributed by atoms with Gasteiger partial charge >= 0.3 is 0 Å². The van der Waals surface area contributed by atoms with Crippen LogP contribution in [0.15, 0.2) is 18.2 Å². The molecule has 1 unspecified atom stereocenters. The second kappa shape index (κ2) is 4.25. The van der Waals surface area contributed by atoms with Crippen molar-refractivity contribution >= 4 is 11.4 Å². The van der Waals surface area contributed by atoms with Crippen LogP contribution in [0.4, 0.5) is 11.4 Å². The summed E-state index contributed by atoms with van der Waals surface area (Å²) in [5, 5.41) is 0. The van der Waals surface area contributed by atoms with Crippen LogP contribution in [0.1, 0.15) is 32.8 Å². The molecule has 2 N–H and O–H groups in total. The molecule has 0 bridgehead atoms. The van der Waals surface area contributed by atoms with E-state index in [0.29, 0.717) is 5.41 Å². The first kappa shape index (κ1) is 12.3. The number of benzene rings is 1. The van der Waals surface area contributed by atoms with Gasteiger partial charge in [0.15, 0.2) is 0 Å². The van der Waals surface area contributed by atoms with E-state index in [9.17, 15) is 0 Å². The number of nitrogens with zero attached hydrogens (tertiary/aromatic N) is 1. The molecular weight excluding hydrogens is 208 g/mol. The van der Waals surface area contributed by atoms with Crippen molar-refractivity contribution in [3.8, 4) is 0 Å². The summed E-state index contributed by atoms with van der Waals surface area (Å²) in [7, 11) is 0. The molecule has 1 aromatic carbocycles. The van der Waals surface area contributed by atoms with Gasteiger partial charge in [0.2, 0.25) is 0 Å². The molecule has 1 saturated heterocycles. The molecule has 0 saturated carbocycles. The van der Waals surface area contributed by atoms with E-state index in [4.69, 9.17) is 5.73 Å². The standard InChI is InChI=1S/C15H24N2/c1-11-9-13(16)5-6-14(11)17-8-7-12(10-17)15(2,3)4/h5-6,9,12H,7-8,10,16H2,1-4H3. The maximum atomic E-state index is 5.80. The van der Waals surface area contributed by atoms with Crippen molar-refractivity contribution in [1.82, 2.24) is 0 Å². The van der Waals surface area contributed by atoms with Gasteiger partial charge in [-0.25, -0.2) is 0 Å². The quantitative estimate of drug-likeness (QED) is 0.751. The van der Waals surface area contributed by atoms with Crippen LogP contribution in [0.25, 0.3) is 0 Å². The fraction of sp³-hybridized carbons (Fsp3) is 0.600. The van der Waals surface area contributed by atoms with E-state index in [1.54, 1.807) is 0 Å². The van der Waals surface area contributed by atoms with Gasteiger partial charge in [0.1, 0.15) is 0 Å². The fourth-order valence-electron chi connectivity index (χ4n) is 2.72. The van der Waals surface area contributed by atoms with Gasteiger partial charge in [0.25, 0.3) is 0 Å². The molecule has 1 fully saturated rings. The number of hydrogen-bond acceptors (Lipinski definition) is 2. The van der Waals surface area contributed by atoms with Crippen LogP contribution in [-0.4, -0.2) is 13.1 Å². The molecule has 1 atom stereocenters. The molecule has 2 nitrogen and oxygen atoms in total. The topological polar surface area (TPSA) is 29.3 Å². The lowest BCUT2D eigenvalue weighted by molar-refractivity contribution is 0.263. The van der Waals surface area contributed by atoms with E-state index in [2.05, 4.69) is 44.7 Å². The number of rotatable bonds is 1. The van der Waals surface area contributed by atoms with Crippen LogP contribution in [0.3, 0.4) is 0 Å². The molecule has 94 valence electrons. The normalized spacial score (nSPS) is 20.9. The van der Waals surface area contributed by atoms with Gasteiger partial charge < -0.3 is 10.6 Å². The van der Waals surface area contributed by atoms with Crippen molar-refractivity contribution in [1.29, 1.82) is 0 Å². The van der Waals surface area contributed by atoms with Crippen LogP contribution < -0.4 is 10.6 Å². The Kier molecular flexibility index (Phi) is 3.07. The Bertz CT molecular complexity index is 404. The Morgan fingerprint density at radius 3 is 2.53 bits per heavy atom. The Morgan fingerprint density at radius 2 is 2.00 bits per heavy atom. The summed E-state index contributed by atoms with van der Waals surface area (Å²) in [6.07, 6.45) is 1.30. The third-order valence-electron chi connectivity index (χ3n) is 3.97. The molecule has 1 heterocycles. The van der Waals surface area contributed by atoms with Crippen molar-refractivity contribution in [3.05, 3.63) is 23.8 Å². The lowest BCUT2D eigenvalue weighted by Gasteiger charge is -2.28. The molecule has 17 heavy (non-hydrogen) atoms. The highest BCUT2D eigenvalue weighted by Crippen LogP contribution is 2.36. The van der Waals surface area contributed by atoms with E-state index >= 15 is 0 Å². The first-order valence-electron chi connectivity index (χ1n) is 6.49. The van der Waals surface area contributed by atoms with E-state index in [1.165, 1.54) is 30.8 Å². The number of nitrogens with two attached hydrogens (primary N) is 1. The van der Waals surface area contributed by atoms with Crippen molar-refractivity contribution < 1.29 is 0 Å². The average Bonchev–Trinajstić information content (AvgIpc) is 2.65. The molecule has 2 heteroatoms. The highest BCUT2D eigenvalue weighted by molar-refractivity contribution is 5.59. The van der Waals surface area contributed by atoms with Crippen molar-refractivity contribution in [2.45, 2.75) is 34.1 Å². The number of aryl methyl sites for hydroxylation is 1. The summed E-state index contributed by atoms with van der Waals surface area (Å²) in [5.74, 6) is 0.791. The van der Waals surface area contributed by atoms with Crippen LogP contribution >= 0.6 is 0 Å². The predicted octanol–water partition coefficient (Wildman–Crippen LogP) is 3.45. The SMILES string of the molecule is Cc1cc(N)ccc1N1CCC(C(C)(C)C)C1. The third-order valence-corrected chi connectivity index (χ3v) is 3.97. The van der Waals surface area contributed by atoms with E-state index in [-0.39, 0.29) is 0 Å². The van der Waals surface area contributed by atoms with Crippen LogP contribution in [0.2, 0.25) is 0 Å². The minimum Gasteiger partial charge on any atom is -0.399 e. The van der Waals surface area contributed by atoms with E-state index < -0.39 is 0 Å². The Morgan fingerprint density at radius 1 is 1.29 bits per heavy atom. The fourth-order valence-corrected chi connectivity index (χ4v) is 2.72. The second-order valence-electron chi connectivity index (χ2n) is 6.34. The smallest absolute Gasteiger partial charge is 0.0397 e. The molecule has 1 aliphatic heterocycles. The van der Waals surface area contributed by atoms with Gasteiger partial charge in [-0.1, -0.05) is 20.8 Å². The van der Waals surface area contributed by atoms with E-state index in [0.717, 1.165) is 11.6 Å². The Balaban J connectivity index is 2.15. The first-order chi connectivity index (χ1) is 7.88. The zero-order valence-electron chi connectivity index (χ0n) is 11.5. The first-order valence-corrected chi connectivity index (χ1v) is 6.49. The maximum Gasteiger partial charge on any atom is 0.0397 e. The summed E-state index contributed by atoms with van der Waals surface area (Å²) >= 11 is 0. The number of nitrogen functional groups attached to an aromatic ring is 1. The summed E-state index contributed by atoms with van der Waals surface area (Å²) in [5.41, 5.74) is 9.72. The molecule has 0 amide bonds. The van der Waals surface area contributed by atoms with Crippen LogP contribution in [0.5, 0.6) is 0 Å². The Labute approximate surface area is 105 Å². The molecule has 0 aliphatic carbocycles. The largest absolute Gasteiger partial charge is 0.399 e. The average molecular weight is 232 g/mol. The maximum absolute atomic E-state index is 5.80. The summed E-state index contributed by atoms with van der Waals surface area (Å²) in [4.78, 5) is 2.50. The highest BCUT2D eigenvalue weighted by Gasteiger charge is 2.32. The minimum atomic E-state index is 0.413. The van der Waals surface area contributed by atoms with Gasteiger partial charge in [0.05, 0.1) is 0 Å². The van der Waals surface area contributed by atoms with Gasteiger partial charge in [-0.3, -0.25) is 0 Å². The molecule has 2 rings (SSSR count). The van der Waals surface area contributed by atoms with Crippen LogP contribution in [-0.2, 0) is 0 Å². The summed E-state index contributed by atoms with van der Waals surface area (Å²) in [6, 6.07) is 6.24. The number of anilines is 2. The van der Waals surface area contributed by atoms with Gasteiger partial charge in [0, 0.05) is 24.5 Å². The molecule has 1 aromatic rings. The summed E-state index contributed by atoms with van der Waals surface area (Å²) in [6.45, 7) is 11.5. The lowest BCUT2D eigenvalue weighted by Crippen LogP contribution is -2.26. The van der Waals surface area contributed by atoms with Crippen molar-refractivity contribution in [2.24, 2.45) is 11.3 Å². The van der Waals surface area contributed by atoms with Crippen molar-refractivity contribution in [2.75, 3.05) is 23.7 Å².